The molecule has 0 aliphatic carbocycles. The fourth-order valence-corrected chi connectivity index (χ4v) is 2.65. The number of alkyl halides is 3. The minimum Gasteiger partial charge on any atom is -0.351 e. The Labute approximate surface area is 115 Å². The van der Waals surface area contributed by atoms with Crippen LogP contribution < -0.4 is 16.2 Å². The molecule has 0 radical (unpaired) electrons. The number of halogens is 3. The molecule has 1 aliphatic rings. The van der Waals surface area contributed by atoms with E-state index in [1.165, 1.54) is 6.07 Å². The van der Waals surface area contributed by atoms with Crippen molar-refractivity contribution in [3.8, 4) is 0 Å². The smallest absolute Gasteiger partial charge is 0.351 e. The van der Waals surface area contributed by atoms with Crippen molar-refractivity contribution in [2.24, 2.45) is 5.84 Å². The summed E-state index contributed by atoms with van der Waals surface area (Å²) in [6, 6.07) is 1.81. The number of hydrazine groups is 1. The molecule has 0 spiro atoms. The van der Waals surface area contributed by atoms with Crippen molar-refractivity contribution in [2.45, 2.75) is 51.4 Å². The minimum atomic E-state index is -4.59. The molecular weight excluding hydrogens is 271 g/mol. The SMILES string of the molecule is CCC1CCC(C)N1c1cc(NN)nc(C(F)(F)F)n1. The van der Waals surface area contributed by atoms with Gasteiger partial charge in [-0.1, -0.05) is 6.92 Å². The molecule has 1 aromatic rings. The summed E-state index contributed by atoms with van der Waals surface area (Å²) in [5.41, 5.74) is 2.17. The van der Waals surface area contributed by atoms with Gasteiger partial charge >= 0.3 is 6.18 Å². The van der Waals surface area contributed by atoms with Gasteiger partial charge < -0.3 is 10.3 Å². The van der Waals surface area contributed by atoms with Crippen LogP contribution in [0.1, 0.15) is 38.9 Å². The van der Waals surface area contributed by atoms with Gasteiger partial charge in [-0.2, -0.15) is 13.2 Å². The molecule has 0 aromatic carbocycles. The van der Waals surface area contributed by atoms with Crippen LogP contribution in [0.4, 0.5) is 24.8 Å². The van der Waals surface area contributed by atoms with Crippen LogP contribution in [-0.2, 0) is 6.18 Å². The van der Waals surface area contributed by atoms with Crippen LogP contribution in [0.25, 0.3) is 0 Å². The summed E-state index contributed by atoms with van der Waals surface area (Å²) in [5, 5.41) is 0. The lowest BCUT2D eigenvalue weighted by atomic mass is 10.1. The first-order chi connectivity index (χ1) is 9.36. The molecule has 0 amide bonds. The van der Waals surface area contributed by atoms with Crippen LogP contribution >= 0.6 is 0 Å². The maximum Gasteiger partial charge on any atom is 0.451 e. The number of rotatable bonds is 3. The molecule has 2 heterocycles. The average molecular weight is 289 g/mol. The van der Waals surface area contributed by atoms with E-state index in [0.29, 0.717) is 0 Å². The maximum absolute atomic E-state index is 12.8. The number of aromatic nitrogens is 2. The Bertz CT molecular complexity index is 477. The highest BCUT2D eigenvalue weighted by Crippen LogP contribution is 2.34. The number of nitrogens with two attached hydrogens (primary N) is 1. The standard InChI is InChI=1S/C12H18F3N5/c1-3-8-5-4-7(2)20(8)10-6-9(19-16)17-11(18-10)12(13,14)15/h6-8H,3-5,16H2,1-2H3,(H,17,18,19). The lowest BCUT2D eigenvalue weighted by Gasteiger charge is -2.29. The zero-order chi connectivity index (χ0) is 14.9. The van der Waals surface area contributed by atoms with Crippen molar-refractivity contribution in [3.63, 3.8) is 0 Å². The topological polar surface area (TPSA) is 67.1 Å². The molecule has 1 aromatic heterocycles. The van der Waals surface area contributed by atoms with E-state index in [2.05, 4.69) is 15.4 Å². The number of nitrogens with one attached hydrogen (secondary N) is 1. The number of nitrogens with zero attached hydrogens (tertiary/aromatic N) is 3. The second kappa shape index (κ2) is 5.43. The van der Waals surface area contributed by atoms with E-state index in [0.717, 1.165) is 19.3 Å². The van der Waals surface area contributed by atoms with Crippen molar-refractivity contribution >= 4 is 11.6 Å². The molecule has 112 valence electrons. The largest absolute Gasteiger partial charge is 0.451 e. The van der Waals surface area contributed by atoms with Gasteiger partial charge in [0.2, 0.25) is 5.82 Å². The lowest BCUT2D eigenvalue weighted by molar-refractivity contribution is -0.144. The van der Waals surface area contributed by atoms with Gasteiger partial charge in [0.15, 0.2) is 0 Å². The highest BCUT2D eigenvalue weighted by atomic mass is 19.4. The number of nitrogen functional groups attached to an aromatic ring is 1. The van der Waals surface area contributed by atoms with Gasteiger partial charge in [-0.05, 0) is 26.2 Å². The van der Waals surface area contributed by atoms with Gasteiger partial charge in [0, 0.05) is 18.2 Å². The third-order valence-electron chi connectivity index (χ3n) is 3.64. The minimum absolute atomic E-state index is 0.0312. The van der Waals surface area contributed by atoms with E-state index in [1.807, 2.05) is 18.7 Å². The molecule has 1 saturated heterocycles. The van der Waals surface area contributed by atoms with Crippen LogP contribution in [0.15, 0.2) is 6.07 Å². The van der Waals surface area contributed by atoms with Crippen molar-refractivity contribution in [2.75, 3.05) is 10.3 Å². The highest BCUT2D eigenvalue weighted by molar-refractivity contribution is 5.51. The van der Waals surface area contributed by atoms with Crippen LogP contribution in [-0.4, -0.2) is 22.1 Å². The molecule has 1 fully saturated rings. The molecule has 2 unspecified atom stereocenters. The summed E-state index contributed by atoms with van der Waals surface area (Å²) in [5.74, 6) is 4.28. The Morgan fingerprint density at radius 1 is 1.40 bits per heavy atom. The van der Waals surface area contributed by atoms with Crippen molar-refractivity contribution in [1.29, 1.82) is 0 Å². The monoisotopic (exact) mass is 289 g/mol. The van der Waals surface area contributed by atoms with Crippen molar-refractivity contribution in [3.05, 3.63) is 11.9 Å². The van der Waals surface area contributed by atoms with E-state index in [-0.39, 0.29) is 23.7 Å². The molecule has 1 aliphatic heterocycles. The summed E-state index contributed by atoms with van der Waals surface area (Å²) in [4.78, 5) is 8.98. The van der Waals surface area contributed by atoms with Crippen LogP contribution in [0.3, 0.4) is 0 Å². The Balaban J connectivity index is 2.45. The first-order valence-corrected chi connectivity index (χ1v) is 6.58. The first kappa shape index (κ1) is 14.8. The molecule has 20 heavy (non-hydrogen) atoms. The van der Waals surface area contributed by atoms with Gasteiger partial charge in [-0.3, -0.25) is 0 Å². The van der Waals surface area contributed by atoms with Gasteiger partial charge in [0.1, 0.15) is 11.6 Å². The van der Waals surface area contributed by atoms with Crippen LogP contribution in [0.5, 0.6) is 0 Å². The second-order valence-electron chi connectivity index (χ2n) is 4.97. The third kappa shape index (κ3) is 2.79. The Morgan fingerprint density at radius 3 is 2.65 bits per heavy atom. The Morgan fingerprint density at radius 2 is 2.10 bits per heavy atom. The van der Waals surface area contributed by atoms with E-state index < -0.39 is 12.0 Å². The van der Waals surface area contributed by atoms with Crippen LogP contribution in [0.2, 0.25) is 0 Å². The lowest BCUT2D eigenvalue weighted by Crippen LogP contribution is -2.35. The summed E-state index contributed by atoms with van der Waals surface area (Å²) in [7, 11) is 0. The molecular formula is C12H18F3N5. The molecule has 0 bridgehead atoms. The Hall–Kier alpha value is -1.57. The molecule has 2 atom stereocenters. The number of anilines is 2. The molecule has 5 nitrogen and oxygen atoms in total. The maximum atomic E-state index is 12.8. The zero-order valence-corrected chi connectivity index (χ0v) is 11.4. The van der Waals surface area contributed by atoms with E-state index >= 15 is 0 Å². The number of hydrogen-bond donors (Lipinski definition) is 2. The molecule has 2 rings (SSSR count). The van der Waals surface area contributed by atoms with Gasteiger partial charge in [-0.15, -0.1) is 0 Å². The van der Waals surface area contributed by atoms with Crippen molar-refractivity contribution < 1.29 is 13.2 Å². The second-order valence-corrected chi connectivity index (χ2v) is 4.97. The van der Waals surface area contributed by atoms with Gasteiger partial charge in [-0.25, -0.2) is 15.8 Å². The summed E-state index contributed by atoms with van der Waals surface area (Å²) in [6.07, 6.45) is -1.84. The fraction of sp³-hybridized carbons (Fsp3) is 0.667. The number of hydrogen-bond acceptors (Lipinski definition) is 5. The normalized spacial score (nSPS) is 23.2. The van der Waals surface area contributed by atoms with E-state index in [1.54, 1.807) is 0 Å². The Kier molecular flexibility index (Phi) is 4.03. The average Bonchev–Trinajstić information content (AvgIpc) is 2.78. The highest BCUT2D eigenvalue weighted by Gasteiger charge is 2.37. The molecule has 0 saturated carbocycles. The summed E-state index contributed by atoms with van der Waals surface area (Å²) in [6.45, 7) is 4.00. The zero-order valence-electron chi connectivity index (χ0n) is 11.4. The summed E-state index contributed by atoms with van der Waals surface area (Å²) < 4.78 is 38.5. The first-order valence-electron chi connectivity index (χ1n) is 6.58. The van der Waals surface area contributed by atoms with E-state index in [4.69, 9.17) is 5.84 Å². The van der Waals surface area contributed by atoms with Crippen LogP contribution in [0, 0.1) is 0 Å². The van der Waals surface area contributed by atoms with Crippen molar-refractivity contribution in [1.82, 2.24) is 9.97 Å². The predicted octanol–water partition coefficient (Wildman–Crippen LogP) is 2.55. The van der Waals surface area contributed by atoms with Gasteiger partial charge in [0.05, 0.1) is 0 Å². The van der Waals surface area contributed by atoms with Gasteiger partial charge in [0.25, 0.3) is 0 Å². The molecule has 3 N–H and O–H groups in total. The third-order valence-corrected chi connectivity index (χ3v) is 3.64. The molecule has 8 heteroatoms. The quantitative estimate of drug-likeness (QED) is 0.661. The fourth-order valence-electron chi connectivity index (χ4n) is 2.65. The van der Waals surface area contributed by atoms with E-state index in [9.17, 15) is 13.2 Å². The predicted molar refractivity (Wildman–Crippen MR) is 70.1 cm³/mol. The summed E-state index contributed by atoms with van der Waals surface area (Å²) >= 11 is 0.